The van der Waals surface area contributed by atoms with Gasteiger partial charge in [-0.3, -0.25) is 4.79 Å². The zero-order chi connectivity index (χ0) is 13.3. The van der Waals surface area contributed by atoms with Crippen LogP contribution >= 0.6 is 11.6 Å². The maximum absolute atomic E-state index is 11.7. The fraction of sp³-hybridized carbons (Fsp3) is 0.909. The van der Waals surface area contributed by atoms with E-state index < -0.39 is 13.0 Å². The van der Waals surface area contributed by atoms with Crippen LogP contribution in [0.25, 0.3) is 0 Å². The molecule has 0 saturated carbocycles. The van der Waals surface area contributed by atoms with Gasteiger partial charge in [0.25, 0.3) is 6.43 Å². The van der Waals surface area contributed by atoms with Crippen molar-refractivity contribution in [3.63, 3.8) is 0 Å². The fourth-order valence-corrected chi connectivity index (χ4v) is 1.68. The van der Waals surface area contributed by atoms with Gasteiger partial charge in [0.05, 0.1) is 12.0 Å². The maximum Gasteiger partial charge on any atom is 0.261 e. The van der Waals surface area contributed by atoms with Crippen molar-refractivity contribution in [3.05, 3.63) is 0 Å². The topological polar surface area (TPSA) is 38.3 Å². The lowest BCUT2D eigenvalue weighted by atomic mass is 10.1. The molecule has 3 nitrogen and oxygen atoms in total. The van der Waals surface area contributed by atoms with E-state index in [0.29, 0.717) is 12.5 Å². The average Bonchev–Trinajstić information content (AvgIpc) is 2.20. The predicted molar refractivity (Wildman–Crippen MR) is 63.5 cm³/mol. The van der Waals surface area contributed by atoms with Crippen LogP contribution in [0, 0.1) is 5.92 Å². The summed E-state index contributed by atoms with van der Waals surface area (Å²) < 4.78 is 28.0. The van der Waals surface area contributed by atoms with E-state index in [-0.39, 0.29) is 24.3 Å². The van der Waals surface area contributed by atoms with Gasteiger partial charge in [0.15, 0.2) is 0 Å². The minimum atomic E-state index is -2.49. The maximum atomic E-state index is 11.7. The van der Waals surface area contributed by atoms with Crippen molar-refractivity contribution < 1.29 is 18.3 Å². The minimum Gasteiger partial charge on any atom is -0.375 e. The summed E-state index contributed by atoms with van der Waals surface area (Å²) in [5, 5.41) is 2.54. The first-order chi connectivity index (χ1) is 7.91. The van der Waals surface area contributed by atoms with Gasteiger partial charge in [0, 0.05) is 13.0 Å². The molecule has 0 aromatic carbocycles. The minimum absolute atomic E-state index is 0.00725. The molecule has 6 heteroatoms. The van der Waals surface area contributed by atoms with Crippen LogP contribution < -0.4 is 5.32 Å². The molecule has 0 saturated heterocycles. The second-order valence-corrected chi connectivity index (χ2v) is 4.86. The van der Waals surface area contributed by atoms with Crippen LogP contribution in [-0.2, 0) is 9.53 Å². The molecular weight excluding hydrogens is 252 g/mol. The lowest BCUT2D eigenvalue weighted by Crippen LogP contribution is -2.31. The lowest BCUT2D eigenvalue weighted by molar-refractivity contribution is -0.122. The van der Waals surface area contributed by atoms with E-state index in [9.17, 15) is 13.6 Å². The Morgan fingerprint density at radius 3 is 2.59 bits per heavy atom. The van der Waals surface area contributed by atoms with Crippen molar-refractivity contribution in [2.45, 2.75) is 38.5 Å². The third kappa shape index (κ3) is 11.8. The van der Waals surface area contributed by atoms with Crippen molar-refractivity contribution in [1.29, 1.82) is 0 Å². The number of hydrogen-bond donors (Lipinski definition) is 1. The number of halogens is 3. The van der Waals surface area contributed by atoms with Gasteiger partial charge in [0.2, 0.25) is 5.91 Å². The van der Waals surface area contributed by atoms with Crippen LogP contribution in [-0.4, -0.2) is 37.5 Å². The molecule has 1 unspecified atom stereocenters. The fourth-order valence-electron chi connectivity index (χ4n) is 1.25. The Morgan fingerprint density at radius 2 is 2.06 bits per heavy atom. The van der Waals surface area contributed by atoms with Gasteiger partial charge in [-0.2, -0.15) is 0 Å². The van der Waals surface area contributed by atoms with Crippen LogP contribution in [0.4, 0.5) is 8.78 Å². The standard InChI is InChI=1S/C11H20ClF2NO2/c1-8(2)5-9(12)6-15-11(16)3-4-17-7-10(13)14/h8-10H,3-7H2,1-2H3,(H,15,16). The largest absolute Gasteiger partial charge is 0.375 e. The number of carbonyl (C=O) groups is 1. The van der Waals surface area contributed by atoms with Gasteiger partial charge in [-0.25, -0.2) is 8.78 Å². The van der Waals surface area contributed by atoms with E-state index in [2.05, 4.69) is 23.9 Å². The first kappa shape index (κ1) is 16.6. The molecule has 0 aromatic rings. The highest BCUT2D eigenvalue weighted by molar-refractivity contribution is 6.20. The van der Waals surface area contributed by atoms with Crippen LogP contribution in [0.15, 0.2) is 0 Å². The summed E-state index contributed by atoms with van der Waals surface area (Å²) in [4.78, 5) is 11.2. The smallest absolute Gasteiger partial charge is 0.261 e. The van der Waals surface area contributed by atoms with Gasteiger partial charge >= 0.3 is 0 Å². The molecule has 0 aliphatic rings. The van der Waals surface area contributed by atoms with Crippen molar-refractivity contribution in [2.75, 3.05) is 19.8 Å². The molecule has 0 spiro atoms. The summed E-state index contributed by atoms with van der Waals surface area (Å²) in [6, 6.07) is 0. The molecule has 0 fully saturated rings. The Balaban J connectivity index is 3.46. The highest BCUT2D eigenvalue weighted by Gasteiger charge is 2.09. The second kappa shape index (κ2) is 9.59. The molecule has 0 heterocycles. The van der Waals surface area contributed by atoms with E-state index in [0.717, 1.165) is 6.42 Å². The highest BCUT2D eigenvalue weighted by Crippen LogP contribution is 2.09. The zero-order valence-electron chi connectivity index (χ0n) is 10.2. The van der Waals surface area contributed by atoms with Gasteiger partial charge < -0.3 is 10.1 Å². The number of nitrogens with one attached hydrogen (secondary N) is 1. The molecule has 0 aliphatic heterocycles. The number of carbonyl (C=O) groups excluding carboxylic acids is 1. The SMILES string of the molecule is CC(C)CC(Cl)CNC(=O)CCOCC(F)F. The molecular formula is C11H20ClF2NO2. The Labute approximate surface area is 106 Å². The van der Waals surface area contributed by atoms with E-state index in [1.807, 2.05) is 0 Å². The van der Waals surface area contributed by atoms with Crippen LogP contribution in [0.1, 0.15) is 26.7 Å². The van der Waals surface area contributed by atoms with Crippen LogP contribution in [0.5, 0.6) is 0 Å². The van der Waals surface area contributed by atoms with Crippen molar-refractivity contribution in [1.82, 2.24) is 5.32 Å². The number of amides is 1. The Bertz CT molecular complexity index is 216. The predicted octanol–water partition coefficient (Wildman–Crippen LogP) is 2.43. The van der Waals surface area contributed by atoms with E-state index in [1.165, 1.54) is 0 Å². The van der Waals surface area contributed by atoms with Gasteiger partial charge in [-0.15, -0.1) is 11.6 Å². The molecule has 0 radical (unpaired) electrons. The molecule has 1 N–H and O–H groups in total. The molecule has 17 heavy (non-hydrogen) atoms. The van der Waals surface area contributed by atoms with Gasteiger partial charge in [0.1, 0.15) is 6.61 Å². The number of rotatable bonds is 9. The van der Waals surface area contributed by atoms with Crippen molar-refractivity contribution >= 4 is 17.5 Å². The quantitative estimate of drug-likeness (QED) is 0.517. The Hall–Kier alpha value is -0.420. The number of alkyl halides is 3. The third-order valence-electron chi connectivity index (χ3n) is 1.97. The Kier molecular flexibility index (Phi) is 9.36. The molecule has 1 atom stereocenters. The summed E-state index contributed by atoms with van der Waals surface area (Å²) >= 11 is 5.98. The van der Waals surface area contributed by atoms with E-state index in [4.69, 9.17) is 11.6 Å². The molecule has 102 valence electrons. The van der Waals surface area contributed by atoms with Gasteiger partial charge in [-0.05, 0) is 12.3 Å². The first-order valence-electron chi connectivity index (χ1n) is 5.68. The third-order valence-corrected chi connectivity index (χ3v) is 2.30. The lowest BCUT2D eigenvalue weighted by Gasteiger charge is -2.12. The summed E-state index contributed by atoms with van der Waals surface area (Å²) in [6.07, 6.45) is -1.59. The monoisotopic (exact) mass is 271 g/mol. The molecule has 0 rings (SSSR count). The summed E-state index contributed by atoms with van der Waals surface area (Å²) in [7, 11) is 0. The summed E-state index contributed by atoms with van der Waals surface area (Å²) in [5.74, 6) is 0.248. The second-order valence-electron chi connectivity index (χ2n) is 4.25. The summed E-state index contributed by atoms with van der Waals surface area (Å²) in [5.41, 5.74) is 0. The van der Waals surface area contributed by atoms with E-state index >= 15 is 0 Å². The van der Waals surface area contributed by atoms with Gasteiger partial charge in [-0.1, -0.05) is 13.8 Å². The molecule has 1 amide bonds. The Morgan fingerprint density at radius 1 is 1.41 bits per heavy atom. The van der Waals surface area contributed by atoms with Crippen molar-refractivity contribution in [2.24, 2.45) is 5.92 Å². The van der Waals surface area contributed by atoms with E-state index in [1.54, 1.807) is 0 Å². The number of ether oxygens (including phenoxy) is 1. The molecule has 0 bridgehead atoms. The number of hydrogen-bond acceptors (Lipinski definition) is 2. The first-order valence-corrected chi connectivity index (χ1v) is 6.12. The highest BCUT2D eigenvalue weighted by atomic mass is 35.5. The average molecular weight is 272 g/mol. The van der Waals surface area contributed by atoms with Crippen LogP contribution in [0.3, 0.4) is 0 Å². The summed E-state index contributed by atoms with van der Waals surface area (Å²) in [6.45, 7) is 3.88. The zero-order valence-corrected chi connectivity index (χ0v) is 11.0. The normalized spacial score (nSPS) is 13.1. The molecule has 0 aliphatic carbocycles. The van der Waals surface area contributed by atoms with Crippen LogP contribution in [0.2, 0.25) is 0 Å². The molecule has 0 aromatic heterocycles. The van der Waals surface area contributed by atoms with Crippen molar-refractivity contribution in [3.8, 4) is 0 Å².